The molecular weight excluding hydrogens is 152 g/mol. The van der Waals surface area contributed by atoms with Crippen LogP contribution in [0.5, 0.6) is 0 Å². The molecule has 0 amide bonds. The van der Waals surface area contributed by atoms with Crippen LogP contribution in [-0.2, 0) is 9.59 Å². The molecule has 1 atom stereocenters. The van der Waals surface area contributed by atoms with Gasteiger partial charge in [-0.05, 0) is 13.2 Å². The first-order chi connectivity index (χ1) is 4.57. The lowest BCUT2D eigenvalue weighted by atomic mass is 10.2. The van der Waals surface area contributed by atoms with E-state index in [1.807, 2.05) is 0 Å². The molecule has 0 aliphatic heterocycles. The number of carboxylic acids is 1. The van der Waals surface area contributed by atoms with Crippen LogP contribution in [-0.4, -0.2) is 28.4 Å². The van der Waals surface area contributed by atoms with Crippen molar-refractivity contribution in [2.45, 2.75) is 18.6 Å². The summed E-state index contributed by atoms with van der Waals surface area (Å²) < 4.78 is 0. The van der Waals surface area contributed by atoms with Crippen LogP contribution in [0.2, 0.25) is 0 Å². The van der Waals surface area contributed by atoms with Gasteiger partial charge in [0, 0.05) is 6.42 Å². The van der Waals surface area contributed by atoms with Crippen molar-refractivity contribution in [1.82, 2.24) is 0 Å². The number of ketones is 1. The Morgan fingerprint density at radius 1 is 1.60 bits per heavy atom. The third-order valence-corrected chi connectivity index (χ3v) is 1.97. The monoisotopic (exact) mass is 162 g/mol. The standard InChI is InChI=1S/C6H10O3S/c1-4(7)3-5(10-2)6(8)9/h5H,3H2,1-2H3,(H,8,9). The summed E-state index contributed by atoms with van der Waals surface area (Å²) in [5.74, 6) is -0.996. The van der Waals surface area contributed by atoms with E-state index in [0.29, 0.717) is 0 Å². The SMILES string of the molecule is CSC(CC(C)=O)C(=O)O. The van der Waals surface area contributed by atoms with E-state index in [4.69, 9.17) is 5.11 Å². The Morgan fingerprint density at radius 2 is 2.10 bits per heavy atom. The van der Waals surface area contributed by atoms with Crippen molar-refractivity contribution in [3.63, 3.8) is 0 Å². The van der Waals surface area contributed by atoms with Crippen molar-refractivity contribution in [2.75, 3.05) is 6.26 Å². The zero-order chi connectivity index (χ0) is 8.15. The predicted octanol–water partition coefficient (Wildman–Crippen LogP) is 0.782. The van der Waals surface area contributed by atoms with E-state index < -0.39 is 11.2 Å². The number of rotatable bonds is 4. The van der Waals surface area contributed by atoms with E-state index in [2.05, 4.69) is 0 Å². The number of carbonyl (C=O) groups excluding carboxylic acids is 1. The maximum atomic E-state index is 10.4. The molecule has 10 heavy (non-hydrogen) atoms. The average molecular weight is 162 g/mol. The number of carboxylic acid groups (broad SMARTS) is 1. The van der Waals surface area contributed by atoms with Crippen LogP contribution in [0.4, 0.5) is 0 Å². The first-order valence-electron chi connectivity index (χ1n) is 2.83. The van der Waals surface area contributed by atoms with Gasteiger partial charge in [-0.15, -0.1) is 11.8 Å². The maximum Gasteiger partial charge on any atom is 0.317 e. The normalized spacial score (nSPS) is 12.6. The highest BCUT2D eigenvalue weighted by Gasteiger charge is 2.16. The van der Waals surface area contributed by atoms with Gasteiger partial charge >= 0.3 is 5.97 Å². The van der Waals surface area contributed by atoms with Gasteiger partial charge in [0.2, 0.25) is 0 Å². The number of hydrogen-bond donors (Lipinski definition) is 1. The topological polar surface area (TPSA) is 54.4 Å². The van der Waals surface area contributed by atoms with E-state index in [1.165, 1.54) is 18.7 Å². The van der Waals surface area contributed by atoms with E-state index in [9.17, 15) is 9.59 Å². The van der Waals surface area contributed by atoms with Crippen LogP contribution in [0.3, 0.4) is 0 Å². The average Bonchev–Trinajstić information content (AvgIpc) is 1.81. The van der Waals surface area contributed by atoms with E-state index in [1.54, 1.807) is 6.26 Å². The van der Waals surface area contributed by atoms with Gasteiger partial charge in [-0.3, -0.25) is 9.59 Å². The second-order valence-electron chi connectivity index (χ2n) is 1.97. The second kappa shape index (κ2) is 4.33. The summed E-state index contributed by atoms with van der Waals surface area (Å²) in [6.07, 6.45) is 1.80. The molecule has 0 fully saturated rings. The summed E-state index contributed by atoms with van der Waals surface area (Å²) >= 11 is 1.19. The molecule has 0 rings (SSSR count). The van der Waals surface area contributed by atoms with Gasteiger partial charge < -0.3 is 5.11 Å². The fourth-order valence-corrected chi connectivity index (χ4v) is 1.14. The molecule has 1 N–H and O–H groups in total. The Morgan fingerprint density at radius 3 is 2.20 bits per heavy atom. The molecule has 0 spiro atoms. The lowest BCUT2D eigenvalue weighted by Crippen LogP contribution is -2.18. The molecule has 1 unspecified atom stereocenters. The molecule has 0 heterocycles. The molecule has 0 saturated heterocycles. The van der Waals surface area contributed by atoms with Crippen molar-refractivity contribution in [2.24, 2.45) is 0 Å². The fraction of sp³-hybridized carbons (Fsp3) is 0.667. The Hall–Kier alpha value is -0.510. The summed E-state index contributed by atoms with van der Waals surface area (Å²) in [5, 5.41) is 7.88. The smallest absolute Gasteiger partial charge is 0.317 e. The largest absolute Gasteiger partial charge is 0.480 e. The van der Waals surface area contributed by atoms with Crippen LogP contribution in [0.15, 0.2) is 0 Å². The summed E-state index contributed by atoms with van der Waals surface area (Å²) in [6.45, 7) is 1.40. The lowest BCUT2D eigenvalue weighted by molar-refractivity contribution is -0.137. The Labute approximate surface area is 63.8 Å². The van der Waals surface area contributed by atoms with Crippen molar-refractivity contribution < 1.29 is 14.7 Å². The number of thioether (sulfide) groups is 1. The first kappa shape index (κ1) is 9.49. The van der Waals surface area contributed by atoms with Gasteiger partial charge in [0.15, 0.2) is 0 Å². The molecule has 0 bridgehead atoms. The lowest BCUT2D eigenvalue weighted by Gasteiger charge is -2.04. The third-order valence-electron chi connectivity index (χ3n) is 1.03. The highest BCUT2D eigenvalue weighted by Crippen LogP contribution is 2.10. The first-order valence-corrected chi connectivity index (χ1v) is 4.11. The van der Waals surface area contributed by atoms with Gasteiger partial charge in [0.05, 0.1) is 0 Å². The third kappa shape index (κ3) is 3.50. The molecular formula is C6H10O3S. The molecule has 0 aliphatic rings. The quantitative estimate of drug-likeness (QED) is 0.663. The number of carbonyl (C=O) groups is 2. The molecule has 0 aromatic rings. The van der Waals surface area contributed by atoms with Gasteiger partial charge in [-0.1, -0.05) is 0 Å². The van der Waals surface area contributed by atoms with Crippen molar-refractivity contribution in [3.8, 4) is 0 Å². The van der Waals surface area contributed by atoms with Crippen LogP contribution in [0.25, 0.3) is 0 Å². The van der Waals surface area contributed by atoms with Crippen molar-refractivity contribution >= 4 is 23.5 Å². The van der Waals surface area contributed by atoms with Crippen LogP contribution >= 0.6 is 11.8 Å². The van der Waals surface area contributed by atoms with Crippen molar-refractivity contribution in [3.05, 3.63) is 0 Å². The van der Waals surface area contributed by atoms with E-state index in [0.717, 1.165) is 0 Å². The molecule has 3 nitrogen and oxygen atoms in total. The maximum absolute atomic E-state index is 10.4. The second-order valence-corrected chi connectivity index (χ2v) is 3.01. The zero-order valence-corrected chi connectivity index (χ0v) is 6.77. The van der Waals surface area contributed by atoms with Crippen molar-refractivity contribution in [1.29, 1.82) is 0 Å². The molecule has 0 aromatic heterocycles. The molecule has 58 valence electrons. The Bertz CT molecular complexity index is 144. The molecule has 0 radical (unpaired) electrons. The summed E-state index contributed by atoms with van der Waals surface area (Å²) in [5.41, 5.74) is 0. The predicted molar refractivity (Wildman–Crippen MR) is 40.2 cm³/mol. The van der Waals surface area contributed by atoms with Crippen LogP contribution in [0, 0.1) is 0 Å². The fourth-order valence-electron chi connectivity index (χ4n) is 0.533. The number of Topliss-reactive ketones (excluding diaryl/α,β-unsaturated/α-hetero) is 1. The van der Waals surface area contributed by atoms with Gasteiger partial charge in [0.1, 0.15) is 11.0 Å². The van der Waals surface area contributed by atoms with Gasteiger partial charge in [-0.25, -0.2) is 0 Å². The molecule has 0 saturated carbocycles. The molecule has 0 aromatic carbocycles. The van der Waals surface area contributed by atoms with E-state index in [-0.39, 0.29) is 12.2 Å². The molecule has 4 heteroatoms. The van der Waals surface area contributed by atoms with Gasteiger partial charge in [-0.2, -0.15) is 0 Å². The highest BCUT2D eigenvalue weighted by atomic mass is 32.2. The minimum absolute atomic E-state index is 0.0817. The highest BCUT2D eigenvalue weighted by molar-refractivity contribution is 7.99. The molecule has 0 aliphatic carbocycles. The number of aliphatic carboxylic acids is 1. The summed E-state index contributed by atoms with van der Waals surface area (Å²) in [4.78, 5) is 20.7. The van der Waals surface area contributed by atoms with E-state index >= 15 is 0 Å². The van der Waals surface area contributed by atoms with Crippen LogP contribution < -0.4 is 0 Å². The van der Waals surface area contributed by atoms with Crippen LogP contribution in [0.1, 0.15) is 13.3 Å². The summed E-state index contributed by atoms with van der Waals surface area (Å²) in [7, 11) is 0. The minimum atomic E-state index is -0.914. The zero-order valence-electron chi connectivity index (χ0n) is 5.96. The Balaban J connectivity index is 3.83. The Kier molecular flexibility index (Phi) is 4.11. The van der Waals surface area contributed by atoms with Gasteiger partial charge in [0.25, 0.3) is 0 Å². The minimum Gasteiger partial charge on any atom is -0.480 e. The number of hydrogen-bond acceptors (Lipinski definition) is 3. The summed E-state index contributed by atoms with van der Waals surface area (Å²) in [6, 6.07) is 0.